The Balaban J connectivity index is 1.83. The van der Waals surface area contributed by atoms with Crippen LogP contribution in [0.2, 0.25) is 0 Å². The zero-order valence-electron chi connectivity index (χ0n) is 15.6. The van der Waals surface area contributed by atoms with E-state index >= 15 is 0 Å². The van der Waals surface area contributed by atoms with E-state index in [0.717, 1.165) is 21.9 Å². The van der Waals surface area contributed by atoms with E-state index in [-0.39, 0.29) is 11.4 Å². The third-order valence-corrected chi connectivity index (χ3v) is 6.00. The van der Waals surface area contributed by atoms with Crippen molar-refractivity contribution in [2.45, 2.75) is 24.8 Å². The first-order chi connectivity index (χ1) is 12.8. The third kappa shape index (κ3) is 3.98. The van der Waals surface area contributed by atoms with Gasteiger partial charge < -0.3 is 9.84 Å². The summed E-state index contributed by atoms with van der Waals surface area (Å²) in [5.41, 5.74) is 2.18. The molecule has 0 saturated heterocycles. The highest BCUT2D eigenvalue weighted by Gasteiger charge is 2.20. The molecule has 27 heavy (non-hydrogen) atoms. The van der Waals surface area contributed by atoms with E-state index in [1.807, 2.05) is 42.5 Å². The molecule has 0 bridgehead atoms. The number of aliphatic hydroxyl groups excluding tert-OH is 1. The lowest BCUT2D eigenvalue weighted by Gasteiger charge is -2.16. The quantitative estimate of drug-likeness (QED) is 0.681. The molecule has 3 rings (SSSR count). The summed E-state index contributed by atoms with van der Waals surface area (Å²) >= 11 is 0. The predicted molar refractivity (Wildman–Crippen MR) is 107 cm³/mol. The highest BCUT2D eigenvalue weighted by molar-refractivity contribution is 7.89. The van der Waals surface area contributed by atoms with E-state index in [4.69, 9.17) is 4.74 Å². The number of fused-ring (bicyclic) bond motifs is 1. The summed E-state index contributed by atoms with van der Waals surface area (Å²) in [4.78, 5) is 0.156. The third-order valence-electron chi connectivity index (χ3n) is 4.60. The topological polar surface area (TPSA) is 75.6 Å². The lowest BCUT2D eigenvalue weighted by atomic mass is 10.0. The summed E-state index contributed by atoms with van der Waals surface area (Å²) in [6.45, 7) is 3.49. The number of aliphatic hydroxyl groups is 1. The van der Waals surface area contributed by atoms with Crippen molar-refractivity contribution in [2.24, 2.45) is 0 Å². The fourth-order valence-corrected chi connectivity index (χ4v) is 4.52. The normalized spacial score (nSPS) is 12.9. The SMILES string of the molecule is COc1c(C)cc(S(=O)(=O)NCC(O)c2cccc3ccccc23)cc1C. The number of hydrogen-bond donors (Lipinski definition) is 2. The Morgan fingerprint density at radius 2 is 1.67 bits per heavy atom. The van der Waals surface area contributed by atoms with Gasteiger partial charge in [0.15, 0.2) is 0 Å². The fraction of sp³-hybridized carbons (Fsp3) is 0.238. The van der Waals surface area contributed by atoms with Crippen LogP contribution in [0.3, 0.4) is 0 Å². The average Bonchev–Trinajstić information content (AvgIpc) is 2.65. The molecule has 0 saturated carbocycles. The van der Waals surface area contributed by atoms with E-state index in [9.17, 15) is 13.5 Å². The second-order valence-corrected chi connectivity index (χ2v) is 8.29. The fourth-order valence-electron chi connectivity index (χ4n) is 3.31. The minimum Gasteiger partial charge on any atom is -0.496 e. The second kappa shape index (κ2) is 7.68. The zero-order chi connectivity index (χ0) is 19.6. The van der Waals surface area contributed by atoms with Crippen molar-refractivity contribution in [1.29, 1.82) is 0 Å². The Kier molecular flexibility index (Phi) is 5.51. The van der Waals surface area contributed by atoms with Crippen molar-refractivity contribution < 1.29 is 18.3 Å². The molecule has 0 aromatic heterocycles. The van der Waals surface area contributed by atoms with Gasteiger partial charge in [0.2, 0.25) is 10.0 Å². The van der Waals surface area contributed by atoms with Crippen LogP contribution in [-0.4, -0.2) is 27.2 Å². The minimum atomic E-state index is -3.75. The number of nitrogens with one attached hydrogen (secondary N) is 1. The Hall–Kier alpha value is -2.41. The molecule has 3 aromatic carbocycles. The molecule has 3 aromatic rings. The largest absolute Gasteiger partial charge is 0.496 e. The van der Waals surface area contributed by atoms with Crippen molar-refractivity contribution >= 4 is 20.8 Å². The number of aryl methyl sites for hydroxylation is 2. The summed E-state index contributed by atoms with van der Waals surface area (Å²) in [5.74, 6) is 0.671. The van der Waals surface area contributed by atoms with Crippen LogP contribution in [0.15, 0.2) is 59.5 Å². The smallest absolute Gasteiger partial charge is 0.240 e. The van der Waals surface area contributed by atoms with Crippen LogP contribution in [0.25, 0.3) is 10.8 Å². The zero-order valence-corrected chi connectivity index (χ0v) is 16.4. The highest BCUT2D eigenvalue weighted by Crippen LogP contribution is 2.27. The Morgan fingerprint density at radius 1 is 1.04 bits per heavy atom. The molecular weight excluding hydrogens is 362 g/mol. The summed E-state index contributed by atoms with van der Waals surface area (Å²) in [5, 5.41) is 12.5. The molecule has 0 radical (unpaired) electrons. The van der Waals surface area contributed by atoms with E-state index in [0.29, 0.717) is 11.3 Å². The first-order valence-corrected chi connectivity index (χ1v) is 10.1. The van der Waals surface area contributed by atoms with Gasteiger partial charge in [-0.3, -0.25) is 0 Å². The number of methoxy groups -OCH3 is 1. The van der Waals surface area contributed by atoms with Crippen LogP contribution in [0, 0.1) is 13.8 Å². The van der Waals surface area contributed by atoms with E-state index in [2.05, 4.69) is 4.72 Å². The number of sulfonamides is 1. The molecule has 142 valence electrons. The van der Waals surface area contributed by atoms with Gasteiger partial charge in [-0.2, -0.15) is 0 Å². The second-order valence-electron chi connectivity index (χ2n) is 6.53. The molecule has 5 nitrogen and oxygen atoms in total. The van der Waals surface area contributed by atoms with Gasteiger partial charge in [0.25, 0.3) is 0 Å². The predicted octanol–water partition coefficient (Wildman–Crippen LogP) is 3.48. The monoisotopic (exact) mass is 385 g/mol. The molecule has 6 heteroatoms. The van der Waals surface area contributed by atoms with Crippen LogP contribution in [-0.2, 0) is 10.0 Å². The Labute approximate surface area is 159 Å². The van der Waals surface area contributed by atoms with Crippen LogP contribution >= 0.6 is 0 Å². The molecule has 1 atom stereocenters. The number of ether oxygens (including phenoxy) is 1. The summed E-state index contributed by atoms with van der Waals surface area (Å²) in [6.07, 6.45) is -0.952. The molecule has 0 aliphatic rings. The maximum absolute atomic E-state index is 12.7. The van der Waals surface area contributed by atoms with Crippen molar-refractivity contribution in [3.8, 4) is 5.75 Å². The lowest BCUT2D eigenvalue weighted by molar-refractivity contribution is 0.183. The van der Waals surface area contributed by atoms with Gasteiger partial charge in [0.1, 0.15) is 5.75 Å². The van der Waals surface area contributed by atoms with Gasteiger partial charge in [-0.25, -0.2) is 13.1 Å². The maximum Gasteiger partial charge on any atom is 0.240 e. The lowest BCUT2D eigenvalue weighted by Crippen LogP contribution is -2.28. The summed E-state index contributed by atoms with van der Waals surface area (Å²) in [7, 11) is -2.19. The Bertz CT molecular complexity index is 1050. The van der Waals surface area contributed by atoms with Gasteiger partial charge in [-0.15, -0.1) is 0 Å². The van der Waals surface area contributed by atoms with Crippen LogP contribution in [0.5, 0.6) is 5.75 Å². The van der Waals surface area contributed by atoms with Crippen molar-refractivity contribution in [3.05, 3.63) is 71.3 Å². The first-order valence-electron chi connectivity index (χ1n) is 8.64. The van der Waals surface area contributed by atoms with Crippen molar-refractivity contribution in [1.82, 2.24) is 4.72 Å². The van der Waals surface area contributed by atoms with Crippen LogP contribution in [0.1, 0.15) is 22.8 Å². The highest BCUT2D eigenvalue weighted by atomic mass is 32.2. The van der Waals surface area contributed by atoms with Crippen molar-refractivity contribution in [3.63, 3.8) is 0 Å². The van der Waals surface area contributed by atoms with Gasteiger partial charge in [-0.1, -0.05) is 42.5 Å². The van der Waals surface area contributed by atoms with Crippen LogP contribution < -0.4 is 9.46 Å². The minimum absolute atomic E-state index is 0.111. The number of rotatable bonds is 6. The van der Waals surface area contributed by atoms with Gasteiger partial charge in [0, 0.05) is 6.54 Å². The average molecular weight is 385 g/mol. The standard InChI is InChI=1S/C21H23NO4S/c1-14-11-17(12-15(2)21(14)26-3)27(24,25)22-13-20(23)19-10-6-8-16-7-4-5-9-18(16)19/h4-12,20,22-23H,13H2,1-3H3. The van der Waals surface area contributed by atoms with Gasteiger partial charge >= 0.3 is 0 Å². The maximum atomic E-state index is 12.7. The molecular formula is C21H23NO4S. The van der Waals surface area contributed by atoms with Gasteiger partial charge in [-0.05, 0) is 53.4 Å². The van der Waals surface area contributed by atoms with Crippen molar-refractivity contribution in [2.75, 3.05) is 13.7 Å². The van der Waals surface area contributed by atoms with E-state index in [1.165, 1.54) is 0 Å². The van der Waals surface area contributed by atoms with E-state index in [1.54, 1.807) is 33.1 Å². The molecule has 0 aliphatic heterocycles. The molecule has 0 heterocycles. The summed E-state index contributed by atoms with van der Waals surface area (Å²) in [6, 6.07) is 16.4. The summed E-state index contributed by atoms with van der Waals surface area (Å²) < 4.78 is 33.1. The van der Waals surface area contributed by atoms with Crippen LogP contribution in [0.4, 0.5) is 0 Å². The molecule has 0 amide bonds. The molecule has 0 aliphatic carbocycles. The van der Waals surface area contributed by atoms with E-state index < -0.39 is 16.1 Å². The number of hydrogen-bond acceptors (Lipinski definition) is 4. The van der Waals surface area contributed by atoms with Gasteiger partial charge in [0.05, 0.1) is 18.1 Å². The molecule has 1 unspecified atom stereocenters. The Morgan fingerprint density at radius 3 is 2.33 bits per heavy atom. The number of benzene rings is 3. The first kappa shape index (κ1) is 19.4. The molecule has 2 N–H and O–H groups in total. The molecule has 0 spiro atoms. The molecule has 0 fully saturated rings.